The van der Waals surface area contributed by atoms with Gasteiger partial charge in [-0.2, -0.15) is 0 Å². The van der Waals surface area contributed by atoms with E-state index in [4.69, 9.17) is 21.1 Å². The second-order valence-electron chi connectivity index (χ2n) is 6.98. The van der Waals surface area contributed by atoms with Gasteiger partial charge in [-0.25, -0.2) is 4.79 Å². The van der Waals surface area contributed by atoms with Gasteiger partial charge in [-0.1, -0.05) is 23.4 Å². The van der Waals surface area contributed by atoms with Crippen LogP contribution in [0.3, 0.4) is 0 Å². The number of esters is 1. The van der Waals surface area contributed by atoms with Gasteiger partial charge in [0.2, 0.25) is 5.91 Å². The SMILES string of the molecule is CCOC(=O)c1ccc(NC(=O)CSc2nnc(COc3ccc(Cl)cc3C)n2CC)cc1. The van der Waals surface area contributed by atoms with Gasteiger partial charge < -0.3 is 19.4 Å². The fourth-order valence-electron chi connectivity index (χ4n) is 3.00. The number of aryl methyl sites for hydroxylation is 1. The number of thioether (sulfide) groups is 1. The molecule has 1 amide bonds. The van der Waals surface area contributed by atoms with Crippen LogP contribution in [0.15, 0.2) is 47.6 Å². The molecule has 0 aliphatic heterocycles. The number of aromatic nitrogens is 3. The summed E-state index contributed by atoms with van der Waals surface area (Å²) in [5.74, 6) is 0.978. The highest BCUT2D eigenvalue weighted by Crippen LogP contribution is 2.24. The summed E-state index contributed by atoms with van der Waals surface area (Å²) >= 11 is 7.28. The van der Waals surface area contributed by atoms with Gasteiger partial charge >= 0.3 is 5.97 Å². The number of amides is 1. The number of hydrogen-bond acceptors (Lipinski definition) is 7. The number of halogens is 1. The Balaban J connectivity index is 1.55. The van der Waals surface area contributed by atoms with Gasteiger partial charge in [0.1, 0.15) is 12.4 Å². The Hall–Kier alpha value is -3.04. The monoisotopic (exact) mass is 488 g/mol. The molecule has 0 aliphatic carbocycles. The molecule has 8 nitrogen and oxygen atoms in total. The molecule has 0 saturated heterocycles. The van der Waals surface area contributed by atoms with Crippen molar-refractivity contribution in [2.75, 3.05) is 17.7 Å². The van der Waals surface area contributed by atoms with Gasteiger partial charge in [0.25, 0.3) is 0 Å². The van der Waals surface area contributed by atoms with Crippen molar-refractivity contribution in [2.45, 2.75) is 39.1 Å². The molecule has 0 unspecified atom stereocenters. The molecule has 0 atom stereocenters. The molecule has 1 N–H and O–H groups in total. The molecular weight excluding hydrogens is 464 g/mol. The number of rotatable bonds is 10. The molecule has 0 bridgehead atoms. The summed E-state index contributed by atoms with van der Waals surface area (Å²) in [5.41, 5.74) is 1.97. The molecule has 3 aromatic rings. The summed E-state index contributed by atoms with van der Waals surface area (Å²) in [4.78, 5) is 24.1. The van der Waals surface area contributed by atoms with Crippen molar-refractivity contribution < 1.29 is 19.1 Å². The Labute approximate surface area is 201 Å². The van der Waals surface area contributed by atoms with Gasteiger partial charge in [-0.05, 0) is 68.8 Å². The van der Waals surface area contributed by atoms with E-state index < -0.39 is 5.97 Å². The lowest BCUT2D eigenvalue weighted by molar-refractivity contribution is -0.113. The third-order valence-corrected chi connectivity index (χ3v) is 5.82. The smallest absolute Gasteiger partial charge is 0.338 e. The van der Waals surface area contributed by atoms with Crippen LogP contribution in [0.1, 0.15) is 35.6 Å². The van der Waals surface area contributed by atoms with Crippen molar-refractivity contribution in [2.24, 2.45) is 0 Å². The molecule has 174 valence electrons. The van der Waals surface area contributed by atoms with Crippen LogP contribution in [0, 0.1) is 6.92 Å². The number of carbonyl (C=O) groups is 2. The summed E-state index contributed by atoms with van der Waals surface area (Å²) < 4.78 is 12.7. The van der Waals surface area contributed by atoms with Crippen LogP contribution in [0.5, 0.6) is 5.75 Å². The highest BCUT2D eigenvalue weighted by molar-refractivity contribution is 7.99. The molecule has 1 heterocycles. The number of carbonyl (C=O) groups excluding carboxylic acids is 2. The van der Waals surface area contributed by atoms with Crippen molar-refractivity contribution >= 4 is 40.9 Å². The molecule has 10 heteroatoms. The molecule has 1 aromatic heterocycles. The van der Waals surface area contributed by atoms with Gasteiger partial charge in [-0.3, -0.25) is 4.79 Å². The van der Waals surface area contributed by atoms with E-state index in [9.17, 15) is 9.59 Å². The first-order chi connectivity index (χ1) is 15.9. The van der Waals surface area contributed by atoms with Crippen molar-refractivity contribution in [3.05, 3.63) is 64.4 Å². The van der Waals surface area contributed by atoms with Crippen LogP contribution in [-0.4, -0.2) is 39.0 Å². The minimum Gasteiger partial charge on any atom is -0.485 e. The molecule has 0 saturated carbocycles. The van der Waals surface area contributed by atoms with Crippen LogP contribution >= 0.6 is 23.4 Å². The normalized spacial score (nSPS) is 10.7. The maximum absolute atomic E-state index is 12.4. The van der Waals surface area contributed by atoms with Crippen molar-refractivity contribution in [3.8, 4) is 5.75 Å². The number of nitrogens with one attached hydrogen (secondary N) is 1. The zero-order chi connectivity index (χ0) is 23.8. The Morgan fingerprint density at radius 3 is 2.55 bits per heavy atom. The summed E-state index contributed by atoms with van der Waals surface area (Å²) in [5, 5.41) is 12.5. The third kappa shape index (κ3) is 6.72. The average Bonchev–Trinajstić information content (AvgIpc) is 3.19. The van der Waals surface area contributed by atoms with Crippen LogP contribution in [0.25, 0.3) is 0 Å². The molecule has 2 aromatic carbocycles. The summed E-state index contributed by atoms with van der Waals surface area (Å²) in [7, 11) is 0. The second-order valence-corrected chi connectivity index (χ2v) is 8.36. The van der Waals surface area contributed by atoms with Crippen LogP contribution in [0.4, 0.5) is 5.69 Å². The van der Waals surface area contributed by atoms with Crippen molar-refractivity contribution in [1.82, 2.24) is 14.8 Å². The predicted molar refractivity (Wildman–Crippen MR) is 128 cm³/mol. The molecule has 33 heavy (non-hydrogen) atoms. The molecule has 3 rings (SSSR count). The first-order valence-corrected chi connectivity index (χ1v) is 11.8. The lowest BCUT2D eigenvalue weighted by Crippen LogP contribution is -2.15. The Morgan fingerprint density at radius 2 is 1.88 bits per heavy atom. The van der Waals surface area contributed by atoms with E-state index in [0.717, 1.165) is 11.3 Å². The number of nitrogens with zero attached hydrogens (tertiary/aromatic N) is 3. The maximum atomic E-state index is 12.4. The zero-order valence-corrected chi connectivity index (χ0v) is 20.2. The van der Waals surface area contributed by atoms with E-state index in [1.165, 1.54) is 11.8 Å². The minimum absolute atomic E-state index is 0.162. The molecule has 0 radical (unpaired) electrons. The van der Waals surface area contributed by atoms with E-state index in [1.807, 2.05) is 30.5 Å². The lowest BCUT2D eigenvalue weighted by Gasteiger charge is -2.11. The summed E-state index contributed by atoms with van der Waals surface area (Å²) in [6.07, 6.45) is 0. The highest BCUT2D eigenvalue weighted by atomic mass is 35.5. The lowest BCUT2D eigenvalue weighted by atomic mass is 10.2. The Morgan fingerprint density at radius 1 is 1.12 bits per heavy atom. The standard InChI is InChI=1S/C23H25ClN4O4S/c1-4-28-20(13-32-19-11-8-17(24)12-15(19)3)26-27-23(28)33-14-21(29)25-18-9-6-16(7-10-18)22(30)31-5-2/h6-12H,4-5,13-14H2,1-3H3,(H,25,29). The van der Waals surface area contributed by atoms with Gasteiger partial charge in [0, 0.05) is 17.3 Å². The van der Waals surface area contributed by atoms with E-state index in [-0.39, 0.29) is 18.3 Å². The summed E-state index contributed by atoms with van der Waals surface area (Å²) in [6, 6.07) is 12.0. The van der Waals surface area contributed by atoms with Crippen molar-refractivity contribution in [3.63, 3.8) is 0 Å². The molecular formula is C23H25ClN4O4S. The van der Waals surface area contributed by atoms with Gasteiger partial charge in [0.15, 0.2) is 11.0 Å². The van der Waals surface area contributed by atoms with E-state index in [0.29, 0.717) is 40.4 Å². The largest absolute Gasteiger partial charge is 0.485 e. The minimum atomic E-state index is -0.393. The summed E-state index contributed by atoms with van der Waals surface area (Å²) in [6.45, 7) is 6.87. The predicted octanol–water partition coefficient (Wildman–Crippen LogP) is 4.75. The number of hydrogen-bond donors (Lipinski definition) is 1. The first kappa shape index (κ1) is 24.6. The van der Waals surface area contributed by atoms with Gasteiger partial charge in [0.05, 0.1) is 17.9 Å². The van der Waals surface area contributed by atoms with Crippen LogP contribution < -0.4 is 10.1 Å². The average molecular weight is 489 g/mol. The number of anilines is 1. The zero-order valence-electron chi connectivity index (χ0n) is 18.6. The molecule has 0 spiro atoms. The second kappa shape index (κ2) is 11.7. The van der Waals surface area contributed by atoms with E-state index in [1.54, 1.807) is 37.3 Å². The third-order valence-electron chi connectivity index (χ3n) is 4.62. The van der Waals surface area contributed by atoms with Crippen LogP contribution in [0.2, 0.25) is 5.02 Å². The van der Waals surface area contributed by atoms with E-state index in [2.05, 4.69) is 15.5 Å². The maximum Gasteiger partial charge on any atom is 0.338 e. The highest BCUT2D eigenvalue weighted by Gasteiger charge is 2.15. The Kier molecular flexibility index (Phi) is 8.73. The topological polar surface area (TPSA) is 95.3 Å². The van der Waals surface area contributed by atoms with Crippen molar-refractivity contribution in [1.29, 1.82) is 0 Å². The number of benzene rings is 2. The fraction of sp³-hybridized carbons (Fsp3) is 0.304. The Bertz CT molecular complexity index is 1120. The van der Waals surface area contributed by atoms with Gasteiger partial charge in [-0.15, -0.1) is 10.2 Å². The van der Waals surface area contributed by atoms with Crippen LogP contribution in [-0.2, 0) is 22.7 Å². The fourth-order valence-corrected chi connectivity index (χ4v) is 4.05. The molecule has 0 aliphatic rings. The first-order valence-electron chi connectivity index (χ1n) is 10.4. The molecule has 0 fully saturated rings. The quantitative estimate of drug-likeness (QED) is 0.325. The van der Waals surface area contributed by atoms with E-state index >= 15 is 0 Å². The number of ether oxygens (including phenoxy) is 2.